The molecule has 1 saturated heterocycles. The third-order valence-electron chi connectivity index (χ3n) is 4.53. The molecule has 23 heavy (non-hydrogen) atoms. The Morgan fingerprint density at radius 1 is 1.26 bits per heavy atom. The molecular formula is C18H29N3O2. The van der Waals surface area contributed by atoms with Crippen LogP contribution in [0.1, 0.15) is 23.7 Å². The number of carbonyl (C=O) groups is 1. The molecular weight excluding hydrogens is 290 g/mol. The van der Waals surface area contributed by atoms with Gasteiger partial charge in [-0.2, -0.15) is 0 Å². The summed E-state index contributed by atoms with van der Waals surface area (Å²) in [6.45, 7) is 9.08. The van der Waals surface area contributed by atoms with Crippen LogP contribution in [0.4, 0.5) is 0 Å². The largest absolute Gasteiger partial charge is 0.497 e. The minimum absolute atomic E-state index is 0.106. The van der Waals surface area contributed by atoms with Crippen LogP contribution in [-0.2, 0) is 0 Å². The highest BCUT2D eigenvalue weighted by molar-refractivity contribution is 5.94. The molecule has 1 aromatic rings. The Morgan fingerprint density at radius 2 is 2.00 bits per heavy atom. The third kappa shape index (κ3) is 5.22. The lowest BCUT2D eigenvalue weighted by atomic mass is 10.1. The van der Waals surface area contributed by atoms with E-state index in [-0.39, 0.29) is 5.91 Å². The highest BCUT2D eigenvalue weighted by Crippen LogP contribution is 2.15. The quantitative estimate of drug-likeness (QED) is 0.768. The topological polar surface area (TPSA) is 36.0 Å². The molecule has 0 aromatic heterocycles. The molecule has 1 amide bonds. The van der Waals surface area contributed by atoms with Gasteiger partial charge in [0.05, 0.1) is 7.11 Å². The zero-order valence-corrected chi connectivity index (χ0v) is 14.6. The molecule has 1 aliphatic heterocycles. The Morgan fingerprint density at radius 3 is 2.65 bits per heavy atom. The minimum atomic E-state index is 0.106. The van der Waals surface area contributed by atoms with Crippen LogP contribution in [0.25, 0.3) is 0 Å². The number of rotatable bonds is 7. The van der Waals surface area contributed by atoms with Gasteiger partial charge in [0.1, 0.15) is 5.75 Å². The summed E-state index contributed by atoms with van der Waals surface area (Å²) in [6, 6.07) is 7.40. The normalized spacial score (nSPS) is 15.9. The van der Waals surface area contributed by atoms with Crippen molar-refractivity contribution < 1.29 is 9.53 Å². The number of benzene rings is 1. The molecule has 1 fully saturated rings. The van der Waals surface area contributed by atoms with Crippen LogP contribution in [0.15, 0.2) is 24.3 Å². The van der Waals surface area contributed by atoms with Gasteiger partial charge in [0.25, 0.3) is 5.91 Å². The second-order valence-corrected chi connectivity index (χ2v) is 6.12. The Hall–Kier alpha value is -1.59. The average Bonchev–Trinajstić information content (AvgIpc) is 2.61. The van der Waals surface area contributed by atoms with Crippen LogP contribution in [0, 0.1) is 0 Å². The van der Waals surface area contributed by atoms with E-state index in [2.05, 4.69) is 23.8 Å². The summed E-state index contributed by atoms with van der Waals surface area (Å²) in [5, 5.41) is 0. The Kier molecular flexibility index (Phi) is 6.86. The third-order valence-corrected chi connectivity index (χ3v) is 4.53. The van der Waals surface area contributed by atoms with Gasteiger partial charge in [0.2, 0.25) is 0 Å². The molecule has 0 N–H and O–H groups in total. The van der Waals surface area contributed by atoms with Crippen LogP contribution in [-0.4, -0.2) is 80.6 Å². The van der Waals surface area contributed by atoms with E-state index in [4.69, 9.17) is 4.74 Å². The predicted octanol–water partition coefficient (Wildman–Crippen LogP) is 1.79. The molecule has 0 bridgehead atoms. The van der Waals surface area contributed by atoms with Crippen LogP contribution in [0.3, 0.4) is 0 Å². The first kappa shape index (κ1) is 17.8. The summed E-state index contributed by atoms with van der Waals surface area (Å²) in [5.74, 6) is 0.837. The van der Waals surface area contributed by atoms with Crippen molar-refractivity contribution in [2.24, 2.45) is 0 Å². The van der Waals surface area contributed by atoms with Crippen molar-refractivity contribution in [3.8, 4) is 5.75 Å². The second kappa shape index (κ2) is 8.89. The van der Waals surface area contributed by atoms with E-state index in [9.17, 15) is 4.79 Å². The second-order valence-electron chi connectivity index (χ2n) is 6.12. The lowest BCUT2D eigenvalue weighted by molar-refractivity contribution is 0.0633. The van der Waals surface area contributed by atoms with Crippen molar-refractivity contribution in [2.45, 2.75) is 13.3 Å². The van der Waals surface area contributed by atoms with Gasteiger partial charge in [-0.05, 0) is 51.3 Å². The number of ether oxygens (including phenoxy) is 1. The van der Waals surface area contributed by atoms with Crippen molar-refractivity contribution in [3.63, 3.8) is 0 Å². The number of amides is 1. The molecule has 0 aliphatic carbocycles. The molecule has 5 nitrogen and oxygen atoms in total. The van der Waals surface area contributed by atoms with E-state index >= 15 is 0 Å². The summed E-state index contributed by atoms with van der Waals surface area (Å²) < 4.78 is 5.20. The molecule has 2 rings (SSSR count). The molecule has 0 saturated carbocycles. The van der Waals surface area contributed by atoms with Crippen molar-refractivity contribution >= 4 is 5.91 Å². The Balaban J connectivity index is 1.78. The maximum atomic E-state index is 12.6. The summed E-state index contributed by atoms with van der Waals surface area (Å²) in [6.07, 6.45) is 1.19. The van der Waals surface area contributed by atoms with Crippen LogP contribution < -0.4 is 4.74 Å². The van der Waals surface area contributed by atoms with Gasteiger partial charge in [-0.3, -0.25) is 9.69 Å². The van der Waals surface area contributed by atoms with Gasteiger partial charge in [-0.1, -0.05) is 13.0 Å². The molecule has 0 radical (unpaired) electrons. The number of piperazine rings is 1. The van der Waals surface area contributed by atoms with E-state index in [0.717, 1.165) is 51.6 Å². The molecule has 0 atom stereocenters. The summed E-state index contributed by atoms with van der Waals surface area (Å²) in [5.41, 5.74) is 0.711. The number of nitrogens with zero attached hydrogens (tertiary/aromatic N) is 3. The molecule has 1 aromatic carbocycles. The van der Waals surface area contributed by atoms with E-state index in [0.29, 0.717) is 5.56 Å². The Labute approximate surface area is 139 Å². The van der Waals surface area contributed by atoms with Gasteiger partial charge < -0.3 is 14.5 Å². The zero-order chi connectivity index (χ0) is 16.7. The van der Waals surface area contributed by atoms with Crippen molar-refractivity contribution in [1.29, 1.82) is 0 Å². The fraction of sp³-hybridized carbons (Fsp3) is 0.611. The smallest absolute Gasteiger partial charge is 0.254 e. The van der Waals surface area contributed by atoms with Gasteiger partial charge in [-0.15, -0.1) is 0 Å². The summed E-state index contributed by atoms with van der Waals surface area (Å²) >= 11 is 0. The van der Waals surface area contributed by atoms with E-state index < -0.39 is 0 Å². The molecule has 1 heterocycles. The maximum Gasteiger partial charge on any atom is 0.254 e. The summed E-state index contributed by atoms with van der Waals surface area (Å²) in [4.78, 5) is 19.3. The first-order chi connectivity index (χ1) is 11.1. The highest BCUT2D eigenvalue weighted by Gasteiger charge is 2.22. The number of hydrogen-bond donors (Lipinski definition) is 0. The van der Waals surface area contributed by atoms with Gasteiger partial charge in [0, 0.05) is 31.7 Å². The lowest BCUT2D eigenvalue weighted by Gasteiger charge is -2.35. The fourth-order valence-electron chi connectivity index (χ4n) is 2.84. The van der Waals surface area contributed by atoms with Gasteiger partial charge >= 0.3 is 0 Å². The predicted molar refractivity (Wildman–Crippen MR) is 93.1 cm³/mol. The van der Waals surface area contributed by atoms with E-state index in [1.807, 2.05) is 29.2 Å². The highest BCUT2D eigenvalue weighted by atomic mass is 16.5. The lowest BCUT2D eigenvalue weighted by Crippen LogP contribution is -2.49. The van der Waals surface area contributed by atoms with Crippen molar-refractivity contribution in [2.75, 3.05) is 60.0 Å². The fourth-order valence-corrected chi connectivity index (χ4v) is 2.84. The number of carbonyl (C=O) groups excluding carboxylic acids is 1. The van der Waals surface area contributed by atoms with Crippen LogP contribution in [0.2, 0.25) is 0 Å². The van der Waals surface area contributed by atoms with Crippen molar-refractivity contribution in [1.82, 2.24) is 14.7 Å². The van der Waals surface area contributed by atoms with E-state index in [1.165, 1.54) is 6.42 Å². The number of hydrogen-bond acceptors (Lipinski definition) is 4. The first-order valence-corrected chi connectivity index (χ1v) is 8.48. The SMILES string of the molecule is CCN(C)CCCN1CCN(C(=O)c2cccc(OC)c2)CC1. The molecule has 0 spiro atoms. The minimum Gasteiger partial charge on any atom is -0.497 e. The van der Waals surface area contributed by atoms with Crippen LogP contribution >= 0.6 is 0 Å². The van der Waals surface area contributed by atoms with Gasteiger partial charge in [-0.25, -0.2) is 0 Å². The maximum absolute atomic E-state index is 12.6. The van der Waals surface area contributed by atoms with E-state index in [1.54, 1.807) is 7.11 Å². The van der Waals surface area contributed by atoms with Crippen LogP contribution in [0.5, 0.6) is 5.75 Å². The standard InChI is InChI=1S/C18H29N3O2/c1-4-19(2)9-6-10-20-11-13-21(14-12-20)18(22)16-7-5-8-17(15-16)23-3/h5,7-8,15H,4,6,9-14H2,1-3H3. The monoisotopic (exact) mass is 319 g/mol. The molecule has 0 unspecified atom stereocenters. The number of methoxy groups -OCH3 is 1. The zero-order valence-electron chi connectivity index (χ0n) is 14.6. The van der Waals surface area contributed by atoms with Gasteiger partial charge in [0.15, 0.2) is 0 Å². The molecule has 5 heteroatoms. The summed E-state index contributed by atoms with van der Waals surface area (Å²) in [7, 11) is 3.78. The Bertz CT molecular complexity index is 499. The first-order valence-electron chi connectivity index (χ1n) is 8.48. The molecule has 128 valence electrons. The molecule has 1 aliphatic rings. The average molecular weight is 319 g/mol. The van der Waals surface area contributed by atoms with Crippen molar-refractivity contribution in [3.05, 3.63) is 29.8 Å².